The Kier molecular flexibility index (Phi) is 2.74. The zero-order valence-electron chi connectivity index (χ0n) is 14.9. The number of fused-ring (bicyclic) bond motifs is 3. The van der Waals surface area contributed by atoms with Crippen molar-refractivity contribution in [2.75, 3.05) is 6.61 Å². The fraction of sp³-hybridized carbons (Fsp3) is 0.850. The van der Waals surface area contributed by atoms with Crippen LogP contribution in [0.15, 0.2) is 11.6 Å². The summed E-state index contributed by atoms with van der Waals surface area (Å²) < 4.78 is 11.8. The average Bonchev–Trinajstić information content (AvgIpc) is 2.83. The van der Waals surface area contributed by atoms with E-state index in [9.17, 15) is 9.90 Å². The lowest BCUT2D eigenvalue weighted by atomic mass is 9.42. The van der Waals surface area contributed by atoms with Gasteiger partial charge in [-0.2, -0.15) is 0 Å². The largest absolute Gasteiger partial charge is 0.457 e. The number of ether oxygens (including phenoxy) is 2. The second-order valence-corrected chi connectivity index (χ2v) is 9.53. The summed E-state index contributed by atoms with van der Waals surface area (Å²) in [5.41, 5.74) is 0.902. The molecule has 1 N–H and O–H groups in total. The number of hydrogen-bond acceptors (Lipinski definition) is 4. The Labute approximate surface area is 143 Å². The molecule has 1 spiro atoms. The summed E-state index contributed by atoms with van der Waals surface area (Å²) in [5, 5.41) is 11.0. The molecule has 6 rings (SSSR count). The zero-order valence-corrected chi connectivity index (χ0v) is 14.9. The van der Waals surface area contributed by atoms with Crippen LogP contribution in [0.5, 0.6) is 0 Å². The maximum absolute atomic E-state index is 12.8. The third-order valence-electron chi connectivity index (χ3n) is 8.60. The minimum Gasteiger partial charge on any atom is -0.457 e. The van der Waals surface area contributed by atoms with E-state index < -0.39 is 11.2 Å². The summed E-state index contributed by atoms with van der Waals surface area (Å²) in [6, 6.07) is 0. The molecule has 7 atom stereocenters. The first-order valence-electron chi connectivity index (χ1n) is 9.56. The molecule has 4 nitrogen and oxygen atoms in total. The van der Waals surface area contributed by atoms with Crippen molar-refractivity contribution >= 4 is 5.97 Å². The molecule has 6 aliphatic rings. The van der Waals surface area contributed by atoms with E-state index >= 15 is 0 Å². The summed E-state index contributed by atoms with van der Waals surface area (Å²) in [6.07, 6.45) is 8.28. The minimum absolute atomic E-state index is 0.0325. The lowest BCUT2D eigenvalue weighted by Crippen LogP contribution is -2.71. The molecule has 3 aliphatic heterocycles. The quantitative estimate of drug-likeness (QED) is 0.592. The van der Waals surface area contributed by atoms with Gasteiger partial charge in [-0.05, 0) is 50.0 Å². The highest BCUT2D eigenvalue weighted by molar-refractivity contribution is 5.82. The first-order chi connectivity index (χ1) is 11.3. The van der Waals surface area contributed by atoms with E-state index in [-0.39, 0.29) is 23.4 Å². The van der Waals surface area contributed by atoms with Crippen molar-refractivity contribution in [3.8, 4) is 0 Å². The minimum atomic E-state index is -1.34. The molecule has 3 heterocycles. The number of rotatable bonds is 1. The Hall–Kier alpha value is -0.870. The smallest absolute Gasteiger partial charge is 0.318 e. The molecule has 4 heteroatoms. The molecular formula is C20H28O4. The number of carbonyl (C=O) groups excluding carboxylic acids is 1. The average molecular weight is 332 g/mol. The summed E-state index contributed by atoms with van der Waals surface area (Å²) in [6.45, 7) is 7.12. The number of allylic oxidation sites excluding steroid dienone is 1. The number of hydrogen-bond donors (Lipinski definition) is 1. The summed E-state index contributed by atoms with van der Waals surface area (Å²) in [5.74, 6) is -1.07. The summed E-state index contributed by atoms with van der Waals surface area (Å²) in [4.78, 5) is 12.8. The van der Waals surface area contributed by atoms with Gasteiger partial charge in [-0.25, -0.2) is 0 Å². The van der Waals surface area contributed by atoms with Crippen LogP contribution < -0.4 is 0 Å². The highest BCUT2D eigenvalue weighted by Gasteiger charge is 2.78. The van der Waals surface area contributed by atoms with Crippen molar-refractivity contribution in [1.29, 1.82) is 0 Å². The Morgan fingerprint density at radius 3 is 2.75 bits per heavy atom. The Bertz CT molecular complexity index is 644. The van der Waals surface area contributed by atoms with Crippen LogP contribution in [0.2, 0.25) is 0 Å². The zero-order chi connectivity index (χ0) is 17.0. The predicted octanol–water partition coefficient (Wildman–Crippen LogP) is 3.19. The number of carbonyl (C=O) groups is 1. The Morgan fingerprint density at radius 1 is 1.29 bits per heavy atom. The van der Waals surface area contributed by atoms with Crippen LogP contribution in [-0.4, -0.2) is 29.6 Å². The lowest BCUT2D eigenvalue weighted by molar-refractivity contribution is -0.367. The molecular weight excluding hydrogens is 304 g/mol. The van der Waals surface area contributed by atoms with E-state index in [4.69, 9.17) is 9.47 Å². The third kappa shape index (κ3) is 1.48. The molecule has 3 saturated heterocycles. The lowest BCUT2D eigenvalue weighted by Gasteiger charge is -2.65. The van der Waals surface area contributed by atoms with E-state index in [1.165, 1.54) is 24.8 Å². The van der Waals surface area contributed by atoms with Crippen molar-refractivity contribution in [3.63, 3.8) is 0 Å². The van der Waals surface area contributed by atoms with Crippen molar-refractivity contribution in [2.45, 2.75) is 71.2 Å². The van der Waals surface area contributed by atoms with Gasteiger partial charge in [0.2, 0.25) is 0 Å². The second kappa shape index (κ2) is 4.27. The van der Waals surface area contributed by atoms with Gasteiger partial charge in [0.15, 0.2) is 5.79 Å². The van der Waals surface area contributed by atoms with Crippen LogP contribution in [0.1, 0.15) is 59.3 Å². The standard InChI is InChI=1S/C20H28O4/c1-4-17(2)6-5-13-12(10-17)9-14-15-18(3,16(21)24-14)20(22)8-7-19(13,15)11-23-20/h9,13-15,22H,4-8,10-11H2,1-3H3. The molecule has 3 aliphatic carbocycles. The second-order valence-electron chi connectivity index (χ2n) is 9.53. The maximum Gasteiger partial charge on any atom is 0.318 e. The predicted molar refractivity (Wildman–Crippen MR) is 87.9 cm³/mol. The van der Waals surface area contributed by atoms with Gasteiger partial charge in [-0.1, -0.05) is 25.8 Å². The number of esters is 1. The molecule has 0 radical (unpaired) electrons. The molecule has 24 heavy (non-hydrogen) atoms. The van der Waals surface area contributed by atoms with Crippen LogP contribution >= 0.6 is 0 Å². The Morgan fingerprint density at radius 2 is 2.08 bits per heavy atom. The fourth-order valence-electron chi connectivity index (χ4n) is 6.88. The van der Waals surface area contributed by atoms with Gasteiger partial charge < -0.3 is 14.6 Å². The molecule has 2 saturated carbocycles. The third-order valence-corrected chi connectivity index (χ3v) is 8.60. The summed E-state index contributed by atoms with van der Waals surface area (Å²) in [7, 11) is 0. The van der Waals surface area contributed by atoms with Gasteiger partial charge in [0.1, 0.15) is 11.5 Å². The van der Waals surface area contributed by atoms with Gasteiger partial charge in [0, 0.05) is 17.8 Å². The monoisotopic (exact) mass is 332 g/mol. The first kappa shape index (κ1) is 15.4. The normalized spacial score (nSPS) is 57.9. The number of aliphatic hydroxyl groups is 1. The molecule has 0 aromatic heterocycles. The maximum atomic E-state index is 12.8. The van der Waals surface area contributed by atoms with Crippen LogP contribution in [0.25, 0.3) is 0 Å². The van der Waals surface area contributed by atoms with Crippen molar-refractivity contribution in [3.05, 3.63) is 11.6 Å². The molecule has 0 aromatic carbocycles. The Balaban J connectivity index is 1.66. The van der Waals surface area contributed by atoms with Gasteiger partial charge in [-0.15, -0.1) is 0 Å². The van der Waals surface area contributed by atoms with Crippen LogP contribution in [0.3, 0.4) is 0 Å². The molecule has 0 amide bonds. The fourth-order valence-corrected chi connectivity index (χ4v) is 6.88. The van der Waals surface area contributed by atoms with E-state index in [0.717, 1.165) is 12.8 Å². The molecule has 0 aromatic rings. The SMILES string of the molecule is CCC1(C)CCC2C(=CC3OC(=O)C4(C)C3C23CCC4(O)OC3)C1. The van der Waals surface area contributed by atoms with E-state index in [1.807, 2.05) is 6.92 Å². The van der Waals surface area contributed by atoms with E-state index in [1.54, 1.807) is 0 Å². The highest BCUT2D eigenvalue weighted by atomic mass is 16.6. The first-order valence-corrected chi connectivity index (χ1v) is 9.56. The van der Waals surface area contributed by atoms with Crippen LogP contribution in [-0.2, 0) is 14.3 Å². The molecule has 2 bridgehead atoms. The van der Waals surface area contributed by atoms with Crippen LogP contribution in [0.4, 0.5) is 0 Å². The van der Waals surface area contributed by atoms with Gasteiger partial charge in [0.05, 0.1) is 6.61 Å². The van der Waals surface area contributed by atoms with Crippen molar-refractivity contribution in [1.82, 2.24) is 0 Å². The summed E-state index contributed by atoms with van der Waals surface area (Å²) >= 11 is 0. The van der Waals surface area contributed by atoms with Crippen LogP contribution in [0, 0.1) is 28.1 Å². The van der Waals surface area contributed by atoms with E-state index in [0.29, 0.717) is 24.4 Å². The van der Waals surface area contributed by atoms with Gasteiger partial charge >= 0.3 is 5.97 Å². The molecule has 5 fully saturated rings. The van der Waals surface area contributed by atoms with Gasteiger partial charge in [0.25, 0.3) is 0 Å². The molecule has 132 valence electrons. The van der Waals surface area contributed by atoms with Crippen molar-refractivity contribution < 1.29 is 19.4 Å². The molecule has 7 unspecified atom stereocenters. The van der Waals surface area contributed by atoms with Gasteiger partial charge in [-0.3, -0.25) is 4.79 Å². The highest BCUT2D eigenvalue weighted by Crippen LogP contribution is 2.72. The van der Waals surface area contributed by atoms with E-state index in [2.05, 4.69) is 19.9 Å². The van der Waals surface area contributed by atoms with Crippen molar-refractivity contribution in [2.24, 2.45) is 28.1 Å². The topological polar surface area (TPSA) is 55.8 Å².